The number of aromatic nitrogens is 2. The third-order valence-corrected chi connectivity index (χ3v) is 6.34. The van der Waals surface area contributed by atoms with Crippen LogP contribution >= 0.6 is 0 Å². The smallest absolute Gasteiger partial charge is 0.283 e. The fourth-order valence-electron chi connectivity index (χ4n) is 4.73. The van der Waals surface area contributed by atoms with Gasteiger partial charge in [0.05, 0.1) is 31.7 Å². The molecule has 0 amide bonds. The van der Waals surface area contributed by atoms with Gasteiger partial charge in [-0.05, 0) is 47.9 Å². The first-order valence-corrected chi connectivity index (χ1v) is 10.8. The Morgan fingerprint density at radius 3 is 2.76 bits per heavy atom. The summed E-state index contributed by atoms with van der Waals surface area (Å²) < 4.78 is 31.6. The van der Waals surface area contributed by atoms with Crippen molar-refractivity contribution in [3.8, 4) is 22.6 Å². The minimum absolute atomic E-state index is 0.113. The Labute approximate surface area is 189 Å². The fraction of sp³-hybridized carbons (Fsp3) is 0.240. The van der Waals surface area contributed by atoms with E-state index in [1.54, 1.807) is 18.3 Å². The van der Waals surface area contributed by atoms with Gasteiger partial charge in [0, 0.05) is 29.3 Å². The highest BCUT2D eigenvalue weighted by Crippen LogP contribution is 2.53. The van der Waals surface area contributed by atoms with Gasteiger partial charge in [0.25, 0.3) is 6.02 Å². The first-order chi connectivity index (χ1) is 16.1. The van der Waals surface area contributed by atoms with Gasteiger partial charge in [-0.15, -0.1) is 0 Å². The lowest BCUT2D eigenvalue weighted by Crippen LogP contribution is -2.38. The molecule has 6 rings (SSSR count). The molecule has 166 valence electrons. The zero-order valence-corrected chi connectivity index (χ0v) is 17.8. The summed E-state index contributed by atoms with van der Waals surface area (Å²) in [6, 6.07) is 11.1. The van der Waals surface area contributed by atoms with Gasteiger partial charge in [0.1, 0.15) is 11.3 Å². The van der Waals surface area contributed by atoms with E-state index >= 15 is 0 Å². The quantitative estimate of drug-likeness (QED) is 0.597. The lowest BCUT2D eigenvalue weighted by Gasteiger charge is -2.39. The maximum atomic E-state index is 14.5. The molecular formula is C25H21FN4O3. The largest absolute Gasteiger partial charge is 0.465 e. The first kappa shape index (κ1) is 19.9. The van der Waals surface area contributed by atoms with Gasteiger partial charge in [0.15, 0.2) is 5.75 Å². The van der Waals surface area contributed by atoms with E-state index in [4.69, 9.17) is 24.9 Å². The predicted molar refractivity (Wildman–Crippen MR) is 120 cm³/mol. The monoisotopic (exact) mass is 444 g/mol. The second-order valence-electron chi connectivity index (χ2n) is 8.18. The topological polar surface area (TPSA) is 91.9 Å². The van der Waals surface area contributed by atoms with E-state index in [9.17, 15) is 4.39 Å². The number of halogens is 1. The van der Waals surface area contributed by atoms with Gasteiger partial charge in [0.2, 0.25) is 5.95 Å². The van der Waals surface area contributed by atoms with Crippen molar-refractivity contribution < 1.29 is 18.6 Å². The number of hydrogen-bond donors (Lipinski definition) is 1. The molecule has 3 aliphatic rings. The molecule has 1 spiro atoms. The molecule has 0 fully saturated rings. The molecule has 3 aliphatic heterocycles. The standard InChI is InChI=1S/C25H21FN4O3/c26-23-17(2-1-8-28-23)16-3-4-21-18(12-16)25(7-11-32-24(27)30-25)19-13-20(29-14-22(19)33-21)15-5-9-31-10-6-15/h1-5,8,12-14H,6-7,9-11H2,(H2,27,30)/t25-/m1/s1. The van der Waals surface area contributed by atoms with Crippen LogP contribution in [0.2, 0.25) is 0 Å². The number of rotatable bonds is 2. The Bertz CT molecular complexity index is 1320. The maximum Gasteiger partial charge on any atom is 0.283 e. The Morgan fingerprint density at radius 1 is 1.03 bits per heavy atom. The Morgan fingerprint density at radius 2 is 1.94 bits per heavy atom. The summed E-state index contributed by atoms with van der Waals surface area (Å²) in [5.74, 6) is 0.725. The number of benzene rings is 1. The molecule has 0 radical (unpaired) electrons. The van der Waals surface area contributed by atoms with Crippen LogP contribution in [0.15, 0.2) is 59.9 Å². The maximum absolute atomic E-state index is 14.5. The van der Waals surface area contributed by atoms with Crippen LogP contribution in [0.1, 0.15) is 29.7 Å². The van der Waals surface area contributed by atoms with Crippen LogP contribution in [0.25, 0.3) is 16.7 Å². The molecule has 0 bridgehead atoms. The van der Waals surface area contributed by atoms with Gasteiger partial charge >= 0.3 is 0 Å². The summed E-state index contributed by atoms with van der Waals surface area (Å²) in [5.41, 5.74) is 10.0. The normalized spacial score (nSPS) is 21.2. The van der Waals surface area contributed by atoms with Crippen molar-refractivity contribution in [2.24, 2.45) is 10.7 Å². The molecule has 0 saturated heterocycles. The van der Waals surface area contributed by atoms with Crippen LogP contribution in [0.3, 0.4) is 0 Å². The second kappa shape index (κ2) is 7.67. The molecule has 2 N–H and O–H groups in total. The van der Waals surface area contributed by atoms with Crippen LogP contribution in [0, 0.1) is 5.95 Å². The van der Waals surface area contributed by atoms with E-state index < -0.39 is 11.5 Å². The SMILES string of the molecule is NC1=N[C@]2(CCO1)c1cc(-c3cccnc3F)ccc1Oc1cnc(C3=CCOCC3)cc12. The van der Waals surface area contributed by atoms with Crippen LogP contribution in [-0.2, 0) is 15.0 Å². The van der Waals surface area contributed by atoms with Crippen molar-refractivity contribution >= 4 is 11.6 Å². The number of pyridine rings is 2. The first-order valence-electron chi connectivity index (χ1n) is 10.8. The molecule has 0 unspecified atom stereocenters. The molecule has 7 nitrogen and oxygen atoms in total. The van der Waals surface area contributed by atoms with Crippen molar-refractivity contribution in [1.82, 2.24) is 9.97 Å². The van der Waals surface area contributed by atoms with Crippen LogP contribution in [-0.4, -0.2) is 35.8 Å². The lowest BCUT2D eigenvalue weighted by molar-refractivity contribution is 0.161. The summed E-state index contributed by atoms with van der Waals surface area (Å²) in [7, 11) is 0. The minimum Gasteiger partial charge on any atom is -0.465 e. The minimum atomic E-state index is -0.830. The van der Waals surface area contributed by atoms with E-state index in [0.717, 1.165) is 28.8 Å². The molecule has 0 saturated carbocycles. The molecule has 1 aromatic carbocycles. The number of ether oxygens (including phenoxy) is 3. The summed E-state index contributed by atoms with van der Waals surface area (Å²) in [6.45, 7) is 1.62. The second-order valence-corrected chi connectivity index (χ2v) is 8.18. The van der Waals surface area contributed by atoms with Crippen LogP contribution in [0.4, 0.5) is 4.39 Å². The van der Waals surface area contributed by atoms with E-state index in [1.807, 2.05) is 30.3 Å². The Balaban J connectivity index is 1.56. The molecule has 2 aromatic heterocycles. The highest BCUT2D eigenvalue weighted by molar-refractivity contribution is 5.77. The van der Waals surface area contributed by atoms with Crippen molar-refractivity contribution in [3.63, 3.8) is 0 Å². The number of nitrogens with zero attached hydrogens (tertiary/aromatic N) is 3. The zero-order valence-electron chi connectivity index (χ0n) is 17.8. The van der Waals surface area contributed by atoms with Crippen molar-refractivity contribution in [2.45, 2.75) is 18.4 Å². The molecule has 3 aromatic rings. The summed E-state index contributed by atoms with van der Waals surface area (Å²) in [4.78, 5) is 13.2. The summed E-state index contributed by atoms with van der Waals surface area (Å²) >= 11 is 0. The van der Waals surface area contributed by atoms with Gasteiger partial charge < -0.3 is 19.9 Å². The number of hydrogen-bond acceptors (Lipinski definition) is 7. The van der Waals surface area contributed by atoms with Crippen molar-refractivity contribution in [3.05, 3.63) is 77.6 Å². The predicted octanol–water partition coefficient (Wildman–Crippen LogP) is 4.17. The van der Waals surface area contributed by atoms with Crippen LogP contribution < -0.4 is 10.5 Å². The number of nitrogens with two attached hydrogens (primary N) is 1. The molecule has 1 atom stereocenters. The van der Waals surface area contributed by atoms with Crippen molar-refractivity contribution in [2.75, 3.05) is 19.8 Å². The number of fused-ring (bicyclic) bond motifs is 4. The number of aliphatic imine (C=N–C) groups is 1. The van der Waals surface area contributed by atoms with E-state index in [-0.39, 0.29) is 6.02 Å². The van der Waals surface area contributed by atoms with Gasteiger partial charge in [-0.1, -0.05) is 12.1 Å². The summed E-state index contributed by atoms with van der Waals surface area (Å²) in [5, 5.41) is 0. The third kappa shape index (κ3) is 3.25. The van der Waals surface area contributed by atoms with Gasteiger partial charge in [-0.3, -0.25) is 4.98 Å². The highest BCUT2D eigenvalue weighted by atomic mass is 19.1. The van der Waals surface area contributed by atoms with Crippen LogP contribution in [0.5, 0.6) is 11.5 Å². The molecule has 33 heavy (non-hydrogen) atoms. The molecule has 0 aliphatic carbocycles. The van der Waals surface area contributed by atoms with Gasteiger partial charge in [-0.2, -0.15) is 4.39 Å². The lowest BCUT2D eigenvalue weighted by atomic mass is 9.77. The average molecular weight is 444 g/mol. The fourth-order valence-corrected chi connectivity index (χ4v) is 4.73. The zero-order chi connectivity index (χ0) is 22.4. The van der Waals surface area contributed by atoms with E-state index in [1.165, 1.54) is 6.20 Å². The molecule has 5 heterocycles. The Kier molecular flexibility index (Phi) is 4.62. The van der Waals surface area contributed by atoms with Gasteiger partial charge in [-0.25, -0.2) is 9.98 Å². The summed E-state index contributed by atoms with van der Waals surface area (Å²) in [6.07, 6.45) is 6.56. The molecular weight excluding hydrogens is 423 g/mol. The average Bonchev–Trinajstić information content (AvgIpc) is 2.85. The van der Waals surface area contributed by atoms with Crippen molar-refractivity contribution in [1.29, 1.82) is 0 Å². The third-order valence-electron chi connectivity index (χ3n) is 6.34. The molecule has 8 heteroatoms. The van der Waals surface area contributed by atoms with E-state index in [2.05, 4.69) is 9.97 Å². The number of amidine groups is 1. The highest BCUT2D eigenvalue weighted by Gasteiger charge is 2.45. The Hall–Kier alpha value is -3.78. The van der Waals surface area contributed by atoms with E-state index in [0.29, 0.717) is 48.9 Å².